The molecule has 1 unspecified atom stereocenters. The van der Waals surface area contributed by atoms with Crippen LogP contribution in [-0.2, 0) is 13.5 Å². The zero-order chi connectivity index (χ0) is 13.6. The Kier molecular flexibility index (Phi) is 3.06. The van der Waals surface area contributed by atoms with E-state index in [1.165, 1.54) is 5.56 Å². The first kappa shape index (κ1) is 12.6. The fourth-order valence-corrected chi connectivity index (χ4v) is 3.63. The predicted molar refractivity (Wildman–Crippen MR) is 81.4 cm³/mol. The summed E-state index contributed by atoms with van der Waals surface area (Å²) < 4.78 is 4.84. The van der Waals surface area contributed by atoms with E-state index in [9.17, 15) is 0 Å². The molecule has 0 aromatic carbocycles. The van der Waals surface area contributed by atoms with Gasteiger partial charge in [0.05, 0.1) is 5.69 Å². The minimum absolute atomic E-state index is 0.311. The van der Waals surface area contributed by atoms with Gasteiger partial charge in [0.25, 0.3) is 0 Å². The van der Waals surface area contributed by atoms with Crippen LogP contribution in [0.3, 0.4) is 0 Å². The Morgan fingerprint density at radius 2 is 2.32 bits per heavy atom. The Bertz CT molecular complexity index is 761. The van der Waals surface area contributed by atoms with Crippen molar-refractivity contribution in [2.75, 3.05) is 0 Å². The Morgan fingerprint density at radius 1 is 1.53 bits per heavy atom. The summed E-state index contributed by atoms with van der Waals surface area (Å²) in [7, 11) is 1.96. The normalized spacial score (nSPS) is 13.2. The third-order valence-electron chi connectivity index (χ3n) is 3.42. The van der Waals surface area contributed by atoms with Crippen LogP contribution in [0.4, 0.5) is 0 Å². The number of nitrogens with one attached hydrogen (secondary N) is 1. The molecule has 19 heavy (non-hydrogen) atoms. The first-order chi connectivity index (χ1) is 9.08. The molecule has 0 bridgehead atoms. The van der Waals surface area contributed by atoms with Crippen molar-refractivity contribution in [3.63, 3.8) is 0 Å². The number of H-pyrrole nitrogens is 1. The Balaban J connectivity index is 2.09. The SMILES string of the molecule is Cc1nn(C)c2c1[nH]c(=S)n2C(C)Cc1ccsc1. The fourth-order valence-electron chi connectivity index (χ4n) is 2.58. The van der Waals surface area contributed by atoms with Crippen molar-refractivity contribution in [2.45, 2.75) is 26.3 Å². The lowest BCUT2D eigenvalue weighted by molar-refractivity contribution is 0.539. The summed E-state index contributed by atoms with van der Waals surface area (Å²) in [5.74, 6) is 0. The maximum Gasteiger partial charge on any atom is 0.179 e. The molecular formula is C13H16N4S2. The molecule has 0 aliphatic carbocycles. The Labute approximate surface area is 120 Å². The highest BCUT2D eigenvalue weighted by Crippen LogP contribution is 2.24. The lowest BCUT2D eigenvalue weighted by Crippen LogP contribution is -2.10. The van der Waals surface area contributed by atoms with E-state index in [0.717, 1.165) is 28.0 Å². The molecule has 3 aromatic heterocycles. The van der Waals surface area contributed by atoms with Crippen molar-refractivity contribution >= 4 is 34.7 Å². The molecule has 3 heterocycles. The Hall–Kier alpha value is -1.40. The number of rotatable bonds is 3. The van der Waals surface area contributed by atoms with E-state index in [1.54, 1.807) is 11.3 Å². The van der Waals surface area contributed by atoms with Crippen LogP contribution in [0.5, 0.6) is 0 Å². The van der Waals surface area contributed by atoms with Gasteiger partial charge in [-0.3, -0.25) is 9.25 Å². The second kappa shape index (κ2) is 4.61. The maximum absolute atomic E-state index is 5.47. The van der Waals surface area contributed by atoms with Gasteiger partial charge in [0.1, 0.15) is 5.52 Å². The molecule has 0 radical (unpaired) electrons. The van der Waals surface area contributed by atoms with Gasteiger partial charge in [0.15, 0.2) is 10.4 Å². The highest BCUT2D eigenvalue weighted by atomic mass is 32.1. The smallest absolute Gasteiger partial charge is 0.179 e. The van der Waals surface area contributed by atoms with Crippen LogP contribution in [-0.4, -0.2) is 19.3 Å². The second-order valence-corrected chi connectivity index (χ2v) is 6.06. The highest BCUT2D eigenvalue weighted by Gasteiger charge is 2.17. The molecule has 1 atom stereocenters. The maximum atomic E-state index is 5.47. The van der Waals surface area contributed by atoms with Crippen LogP contribution < -0.4 is 0 Å². The zero-order valence-corrected chi connectivity index (χ0v) is 12.8. The topological polar surface area (TPSA) is 38.5 Å². The summed E-state index contributed by atoms with van der Waals surface area (Å²) in [6.07, 6.45) is 0.981. The first-order valence-electron chi connectivity index (χ1n) is 6.23. The average Bonchev–Trinajstić information content (AvgIpc) is 3.00. The van der Waals surface area contributed by atoms with Gasteiger partial charge in [-0.15, -0.1) is 0 Å². The Morgan fingerprint density at radius 3 is 3.00 bits per heavy atom. The predicted octanol–water partition coefficient (Wildman–Crippen LogP) is 3.61. The summed E-state index contributed by atoms with van der Waals surface area (Å²) in [5.41, 5.74) is 4.47. The van der Waals surface area contributed by atoms with E-state index in [1.807, 2.05) is 18.7 Å². The van der Waals surface area contributed by atoms with Crippen LogP contribution in [0, 0.1) is 11.7 Å². The third kappa shape index (κ3) is 2.04. The van der Waals surface area contributed by atoms with Crippen LogP contribution in [0.1, 0.15) is 24.2 Å². The molecule has 0 saturated carbocycles. The van der Waals surface area contributed by atoms with Crippen molar-refractivity contribution in [3.05, 3.63) is 32.9 Å². The second-order valence-electron chi connectivity index (χ2n) is 4.89. The molecule has 0 aliphatic rings. The van der Waals surface area contributed by atoms with Gasteiger partial charge >= 0.3 is 0 Å². The van der Waals surface area contributed by atoms with Crippen molar-refractivity contribution in [2.24, 2.45) is 7.05 Å². The molecule has 0 spiro atoms. The van der Waals surface area contributed by atoms with Gasteiger partial charge in [0, 0.05) is 13.1 Å². The lowest BCUT2D eigenvalue weighted by Gasteiger charge is -2.13. The molecule has 0 saturated heterocycles. The number of imidazole rings is 1. The van der Waals surface area contributed by atoms with E-state index in [2.05, 4.69) is 38.4 Å². The van der Waals surface area contributed by atoms with E-state index in [-0.39, 0.29) is 0 Å². The number of aryl methyl sites for hydroxylation is 2. The minimum atomic E-state index is 0.311. The summed E-state index contributed by atoms with van der Waals surface area (Å²) in [6.45, 7) is 4.20. The molecule has 4 nitrogen and oxygen atoms in total. The van der Waals surface area contributed by atoms with Crippen LogP contribution in [0.2, 0.25) is 0 Å². The summed E-state index contributed by atoms with van der Waals surface area (Å²) in [6, 6.07) is 2.48. The highest BCUT2D eigenvalue weighted by molar-refractivity contribution is 7.71. The van der Waals surface area contributed by atoms with Gasteiger partial charge in [-0.05, 0) is 54.9 Å². The van der Waals surface area contributed by atoms with Crippen molar-refractivity contribution in [1.29, 1.82) is 0 Å². The van der Waals surface area contributed by atoms with Gasteiger partial charge in [-0.2, -0.15) is 16.4 Å². The summed E-state index contributed by atoms with van der Waals surface area (Å²) >= 11 is 7.20. The van der Waals surface area contributed by atoms with Crippen LogP contribution >= 0.6 is 23.6 Å². The van der Waals surface area contributed by atoms with E-state index in [0.29, 0.717) is 6.04 Å². The monoisotopic (exact) mass is 292 g/mol. The minimum Gasteiger partial charge on any atom is -0.328 e. The van der Waals surface area contributed by atoms with E-state index in [4.69, 9.17) is 12.2 Å². The number of nitrogens with zero attached hydrogens (tertiary/aromatic N) is 3. The molecule has 3 rings (SSSR count). The summed E-state index contributed by atoms with van der Waals surface area (Å²) in [4.78, 5) is 3.27. The lowest BCUT2D eigenvalue weighted by atomic mass is 10.1. The number of thiophene rings is 1. The first-order valence-corrected chi connectivity index (χ1v) is 7.58. The average molecular weight is 292 g/mol. The zero-order valence-electron chi connectivity index (χ0n) is 11.2. The largest absolute Gasteiger partial charge is 0.328 e. The standard InChI is InChI=1S/C13H16N4S2/c1-8(6-10-4-5-19-7-10)17-12-11(14-13(17)18)9(2)15-16(12)3/h4-5,7-8H,6H2,1-3H3,(H,14,18). The molecule has 0 fully saturated rings. The number of hydrogen-bond acceptors (Lipinski definition) is 3. The number of hydrogen-bond donors (Lipinski definition) is 1. The van der Waals surface area contributed by atoms with Crippen molar-refractivity contribution < 1.29 is 0 Å². The van der Waals surface area contributed by atoms with Crippen LogP contribution in [0.15, 0.2) is 16.8 Å². The number of aromatic amines is 1. The quantitative estimate of drug-likeness (QED) is 0.749. The molecular weight excluding hydrogens is 276 g/mol. The summed E-state index contributed by atoms with van der Waals surface area (Å²) in [5, 5.41) is 8.76. The molecule has 1 N–H and O–H groups in total. The van der Waals surface area contributed by atoms with Crippen LogP contribution in [0.25, 0.3) is 11.2 Å². The third-order valence-corrected chi connectivity index (χ3v) is 4.45. The fraction of sp³-hybridized carbons (Fsp3) is 0.385. The van der Waals surface area contributed by atoms with Gasteiger partial charge in [-0.25, -0.2) is 0 Å². The molecule has 3 aromatic rings. The van der Waals surface area contributed by atoms with Crippen molar-refractivity contribution in [3.8, 4) is 0 Å². The van der Waals surface area contributed by atoms with Gasteiger partial charge in [0.2, 0.25) is 0 Å². The van der Waals surface area contributed by atoms with Crippen molar-refractivity contribution in [1.82, 2.24) is 19.3 Å². The molecule has 100 valence electrons. The van der Waals surface area contributed by atoms with E-state index >= 15 is 0 Å². The molecule has 0 amide bonds. The molecule has 6 heteroatoms. The molecule has 0 aliphatic heterocycles. The van der Waals surface area contributed by atoms with Gasteiger partial charge < -0.3 is 4.98 Å². The number of fused-ring (bicyclic) bond motifs is 1. The van der Waals surface area contributed by atoms with E-state index < -0.39 is 0 Å². The number of aromatic nitrogens is 4. The van der Waals surface area contributed by atoms with Gasteiger partial charge in [-0.1, -0.05) is 0 Å².